The van der Waals surface area contributed by atoms with Gasteiger partial charge < -0.3 is 9.64 Å². The Bertz CT molecular complexity index is 1060. The van der Waals surface area contributed by atoms with Gasteiger partial charge in [-0.1, -0.05) is 15.9 Å². The minimum Gasteiger partial charge on any atom is -0.472 e. The predicted octanol–water partition coefficient (Wildman–Crippen LogP) is 2.98. The highest BCUT2D eigenvalue weighted by Gasteiger charge is 2.28. The zero-order valence-corrected chi connectivity index (χ0v) is 17.0. The Labute approximate surface area is 175 Å². The number of hydrogen-bond acceptors (Lipinski definition) is 6. The molecule has 29 heavy (non-hydrogen) atoms. The molecule has 0 aliphatic carbocycles. The fourth-order valence-electron chi connectivity index (χ4n) is 3.30. The number of pyridine rings is 1. The Kier molecular flexibility index (Phi) is 5.53. The smallest absolute Gasteiger partial charge is 0.256 e. The zero-order chi connectivity index (χ0) is 20.2. The summed E-state index contributed by atoms with van der Waals surface area (Å²) in [5.74, 6) is 0.290. The van der Waals surface area contributed by atoms with E-state index >= 15 is 0 Å². The van der Waals surface area contributed by atoms with Crippen LogP contribution in [0.1, 0.15) is 28.8 Å². The maximum absolute atomic E-state index is 13.3. The number of benzene rings is 1. The Morgan fingerprint density at radius 1 is 1.21 bits per heavy atom. The van der Waals surface area contributed by atoms with Gasteiger partial charge in [0.25, 0.3) is 5.91 Å². The maximum Gasteiger partial charge on any atom is 0.256 e. The Morgan fingerprint density at radius 3 is 2.83 bits per heavy atom. The van der Waals surface area contributed by atoms with Gasteiger partial charge >= 0.3 is 0 Å². The molecule has 9 heteroatoms. The number of nitrogens with zero attached hydrogens (tertiary/aromatic N) is 6. The number of aromatic nitrogens is 4. The summed E-state index contributed by atoms with van der Waals surface area (Å²) >= 11 is 3.44. The van der Waals surface area contributed by atoms with Gasteiger partial charge in [0.15, 0.2) is 0 Å². The Hall–Kier alpha value is -3.25. The lowest BCUT2D eigenvalue weighted by Gasteiger charge is -2.33. The van der Waals surface area contributed by atoms with Crippen molar-refractivity contribution < 1.29 is 9.53 Å². The molecule has 1 atom stereocenters. The van der Waals surface area contributed by atoms with Crippen LogP contribution < -0.4 is 4.74 Å². The highest BCUT2D eigenvalue weighted by atomic mass is 79.9. The molecule has 1 aromatic carbocycles. The molecule has 0 bridgehead atoms. The van der Waals surface area contributed by atoms with Crippen molar-refractivity contribution in [3.05, 3.63) is 64.5 Å². The first-order valence-corrected chi connectivity index (χ1v) is 9.91. The number of ether oxygens (including phenoxy) is 1. The first-order valence-electron chi connectivity index (χ1n) is 9.12. The second-order valence-corrected chi connectivity index (χ2v) is 7.52. The van der Waals surface area contributed by atoms with E-state index in [0.717, 1.165) is 17.3 Å². The summed E-state index contributed by atoms with van der Waals surface area (Å²) in [7, 11) is 0. The van der Waals surface area contributed by atoms with Crippen molar-refractivity contribution in [3.8, 4) is 17.6 Å². The van der Waals surface area contributed by atoms with Gasteiger partial charge in [0, 0.05) is 23.3 Å². The van der Waals surface area contributed by atoms with Crippen molar-refractivity contribution in [2.75, 3.05) is 13.1 Å². The summed E-state index contributed by atoms with van der Waals surface area (Å²) in [6.07, 6.45) is 6.14. The number of nitriles is 1. The molecule has 1 aliphatic heterocycles. The average molecular weight is 453 g/mol. The predicted molar refractivity (Wildman–Crippen MR) is 108 cm³/mol. The largest absolute Gasteiger partial charge is 0.472 e. The van der Waals surface area contributed by atoms with E-state index in [1.165, 1.54) is 4.80 Å². The van der Waals surface area contributed by atoms with Gasteiger partial charge in [-0.3, -0.25) is 4.79 Å². The second kappa shape index (κ2) is 8.41. The Morgan fingerprint density at radius 2 is 2.03 bits per heavy atom. The normalized spacial score (nSPS) is 16.3. The van der Waals surface area contributed by atoms with E-state index in [9.17, 15) is 4.79 Å². The first kappa shape index (κ1) is 19.1. The molecule has 3 aromatic rings. The molecular weight excluding hydrogens is 436 g/mol. The lowest BCUT2D eigenvalue weighted by molar-refractivity contribution is 0.0527. The number of carbonyl (C=O) groups is 1. The Balaban J connectivity index is 1.54. The standard InChI is InChI=1S/C20H17BrN6O2/c21-15-3-4-18(27-24-7-8-25-27)17(11-15)20(28)26-9-1-2-16(13-26)29-19-10-14(12-22)5-6-23-19/h3-8,10-11,16H,1-2,9,13H2/t16-/m1/s1. The molecule has 1 saturated heterocycles. The molecule has 0 unspecified atom stereocenters. The van der Waals surface area contributed by atoms with E-state index in [4.69, 9.17) is 10.00 Å². The number of hydrogen-bond donors (Lipinski definition) is 0. The molecule has 0 saturated carbocycles. The van der Waals surface area contributed by atoms with Crippen LogP contribution in [0.25, 0.3) is 5.69 Å². The third-order valence-corrected chi connectivity index (χ3v) is 5.13. The van der Waals surface area contributed by atoms with Gasteiger partial charge in [-0.25, -0.2) is 4.98 Å². The van der Waals surface area contributed by atoms with Crippen molar-refractivity contribution in [1.82, 2.24) is 24.9 Å². The SMILES string of the molecule is N#Cc1ccnc(O[C@@H]2CCCN(C(=O)c3cc(Br)ccc3-n3nccn3)C2)c1. The maximum atomic E-state index is 13.3. The van der Waals surface area contributed by atoms with E-state index in [0.29, 0.717) is 35.8 Å². The molecule has 0 N–H and O–H groups in total. The van der Waals surface area contributed by atoms with E-state index in [1.54, 1.807) is 41.7 Å². The molecule has 146 valence electrons. The van der Waals surface area contributed by atoms with Gasteiger partial charge in [-0.15, -0.1) is 0 Å². The van der Waals surface area contributed by atoms with Gasteiger partial charge in [0.05, 0.1) is 41.8 Å². The number of amides is 1. The molecule has 1 amide bonds. The molecule has 8 nitrogen and oxygen atoms in total. The number of likely N-dealkylation sites (tertiary alicyclic amines) is 1. The molecule has 0 radical (unpaired) electrons. The summed E-state index contributed by atoms with van der Waals surface area (Å²) < 4.78 is 6.75. The highest BCUT2D eigenvalue weighted by molar-refractivity contribution is 9.10. The highest BCUT2D eigenvalue weighted by Crippen LogP contribution is 2.24. The van der Waals surface area contributed by atoms with Gasteiger partial charge in [-0.2, -0.15) is 20.3 Å². The summed E-state index contributed by atoms with van der Waals surface area (Å²) in [6, 6.07) is 10.8. The lowest BCUT2D eigenvalue weighted by atomic mass is 10.1. The third kappa shape index (κ3) is 4.27. The fraction of sp³-hybridized carbons (Fsp3) is 0.250. The topological polar surface area (TPSA) is 96.9 Å². The first-order chi connectivity index (χ1) is 14.1. The minimum atomic E-state index is -0.187. The van der Waals surface area contributed by atoms with Crippen LogP contribution >= 0.6 is 15.9 Å². The number of rotatable bonds is 4. The molecule has 0 spiro atoms. The van der Waals surface area contributed by atoms with Crippen LogP contribution in [0.5, 0.6) is 5.88 Å². The molecule has 3 heterocycles. The fourth-order valence-corrected chi connectivity index (χ4v) is 3.66. The van der Waals surface area contributed by atoms with Crippen LogP contribution in [-0.2, 0) is 0 Å². The van der Waals surface area contributed by atoms with Crippen LogP contribution in [0.3, 0.4) is 0 Å². The van der Waals surface area contributed by atoms with E-state index in [1.807, 2.05) is 12.1 Å². The lowest BCUT2D eigenvalue weighted by Crippen LogP contribution is -2.44. The third-order valence-electron chi connectivity index (χ3n) is 4.64. The van der Waals surface area contributed by atoms with Crippen LogP contribution in [0.4, 0.5) is 0 Å². The number of carbonyl (C=O) groups excluding carboxylic acids is 1. The second-order valence-electron chi connectivity index (χ2n) is 6.61. The summed E-state index contributed by atoms with van der Waals surface area (Å²) in [5, 5.41) is 17.3. The van der Waals surface area contributed by atoms with Gasteiger partial charge in [-0.05, 0) is 37.1 Å². The van der Waals surface area contributed by atoms with Gasteiger partial charge in [0.2, 0.25) is 5.88 Å². The molecule has 4 rings (SSSR count). The summed E-state index contributed by atoms with van der Waals surface area (Å²) in [5.41, 5.74) is 1.62. The molecular formula is C20H17BrN6O2. The van der Waals surface area contributed by atoms with Crippen molar-refractivity contribution in [3.63, 3.8) is 0 Å². The van der Waals surface area contributed by atoms with Crippen LogP contribution in [0.2, 0.25) is 0 Å². The quantitative estimate of drug-likeness (QED) is 0.603. The van der Waals surface area contributed by atoms with Crippen molar-refractivity contribution in [2.45, 2.75) is 18.9 Å². The summed E-state index contributed by atoms with van der Waals surface area (Å²) in [6.45, 7) is 1.08. The average Bonchev–Trinajstić information content (AvgIpc) is 3.28. The van der Waals surface area contributed by atoms with Crippen molar-refractivity contribution >= 4 is 21.8 Å². The van der Waals surface area contributed by atoms with Gasteiger partial charge in [0.1, 0.15) is 6.10 Å². The minimum absolute atomic E-state index is 0.106. The zero-order valence-electron chi connectivity index (χ0n) is 15.4. The molecule has 1 aliphatic rings. The monoisotopic (exact) mass is 452 g/mol. The van der Waals surface area contributed by atoms with Crippen molar-refractivity contribution in [1.29, 1.82) is 5.26 Å². The molecule has 1 fully saturated rings. The molecule has 2 aromatic heterocycles. The van der Waals surface area contributed by atoms with E-state index in [-0.39, 0.29) is 12.0 Å². The summed E-state index contributed by atoms with van der Waals surface area (Å²) in [4.78, 5) is 20.7. The van der Waals surface area contributed by atoms with Crippen molar-refractivity contribution in [2.24, 2.45) is 0 Å². The van der Waals surface area contributed by atoms with Crippen LogP contribution in [0, 0.1) is 11.3 Å². The van der Waals surface area contributed by atoms with E-state index < -0.39 is 0 Å². The van der Waals surface area contributed by atoms with Crippen LogP contribution in [-0.4, -0.2) is 50.0 Å². The van der Waals surface area contributed by atoms with Crippen LogP contribution in [0.15, 0.2) is 53.4 Å². The number of piperidine rings is 1. The van der Waals surface area contributed by atoms with E-state index in [2.05, 4.69) is 37.2 Å². The number of halogens is 1.